The highest BCUT2D eigenvalue weighted by Gasteiger charge is 2.14. The van der Waals surface area contributed by atoms with Crippen LogP contribution in [0.25, 0.3) is 22.6 Å². The van der Waals surface area contributed by atoms with Crippen LogP contribution in [0.3, 0.4) is 0 Å². The van der Waals surface area contributed by atoms with Crippen molar-refractivity contribution in [3.05, 3.63) is 107 Å². The minimum Gasteiger partial charge on any atom is -0.340 e. The Morgan fingerprint density at radius 3 is 2.50 bits per heavy atom. The molecule has 3 nitrogen and oxygen atoms in total. The van der Waals surface area contributed by atoms with Crippen LogP contribution in [-0.4, -0.2) is 4.57 Å². The quantitative estimate of drug-likeness (QED) is 0.396. The summed E-state index contributed by atoms with van der Waals surface area (Å²) < 4.78 is 15.5. The Kier molecular flexibility index (Phi) is 5.16. The number of hydrogen-bond acceptors (Lipinski definition) is 2. The molecule has 0 atom stereocenters. The third-order valence-electron chi connectivity index (χ3n) is 5.25. The second-order valence-corrected chi connectivity index (χ2v) is 7.09. The molecule has 30 heavy (non-hydrogen) atoms. The van der Waals surface area contributed by atoms with E-state index in [-0.39, 0.29) is 5.82 Å². The molecule has 1 heterocycles. The van der Waals surface area contributed by atoms with E-state index < -0.39 is 0 Å². The fourth-order valence-electron chi connectivity index (χ4n) is 3.70. The van der Waals surface area contributed by atoms with E-state index in [1.54, 1.807) is 30.3 Å². The van der Waals surface area contributed by atoms with E-state index in [1.807, 2.05) is 43.3 Å². The highest BCUT2D eigenvalue weighted by atomic mass is 19.1. The molecule has 0 aliphatic rings. The predicted octanol–water partition coefficient (Wildman–Crippen LogP) is 6.07. The van der Waals surface area contributed by atoms with Crippen LogP contribution in [-0.2, 0) is 6.54 Å². The zero-order valence-electron chi connectivity index (χ0n) is 16.4. The SMILES string of the molecule is Cc1c(/C=C(\C#N)c2cccc(C#N)c2)c2ccccc2n1Cc1ccc(F)cc1. The molecule has 0 unspecified atom stereocenters. The van der Waals surface area contributed by atoms with Gasteiger partial charge in [-0.1, -0.05) is 42.5 Å². The lowest BCUT2D eigenvalue weighted by Gasteiger charge is -2.09. The molecule has 0 saturated heterocycles. The molecule has 0 aliphatic heterocycles. The summed E-state index contributed by atoms with van der Waals surface area (Å²) >= 11 is 0. The van der Waals surface area contributed by atoms with E-state index in [4.69, 9.17) is 0 Å². The number of hydrogen-bond donors (Lipinski definition) is 0. The van der Waals surface area contributed by atoms with Crippen LogP contribution >= 0.6 is 0 Å². The molecule has 0 saturated carbocycles. The lowest BCUT2D eigenvalue weighted by atomic mass is 10.0. The summed E-state index contributed by atoms with van der Waals surface area (Å²) in [7, 11) is 0. The number of nitriles is 2. The lowest BCUT2D eigenvalue weighted by Crippen LogP contribution is -2.02. The molecule has 0 fully saturated rings. The summed E-state index contributed by atoms with van der Waals surface area (Å²) in [5.41, 5.74) is 5.76. The molecule has 0 amide bonds. The maximum absolute atomic E-state index is 13.3. The van der Waals surface area contributed by atoms with Gasteiger partial charge in [0.15, 0.2) is 0 Å². The molecular weight excluding hydrogens is 373 g/mol. The number of aromatic nitrogens is 1. The Morgan fingerprint density at radius 1 is 1.00 bits per heavy atom. The topological polar surface area (TPSA) is 52.5 Å². The van der Waals surface area contributed by atoms with Gasteiger partial charge in [-0.05, 0) is 54.5 Å². The van der Waals surface area contributed by atoms with Crippen molar-refractivity contribution in [3.63, 3.8) is 0 Å². The number of fused-ring (bicyclic) bond motifs is 1. The standard InChI is InChI=1S/C26H18FN3/c1-18-25(14-22(16-29)21-6-4-5-20(13-21)15-28)24-7-2-3-8-26(24)30(18)17-19-9-11-23(27)12-10-19/h2-14H,17H2,1H3/b22-14+. The maximum Gasteiger partial charge on any atom is 0.123 e. The van der Waals surface area contributed by atoms with Gasteiger partial charge in [-0.2, -0.15) is 10.5 Å². The largest absolute Gasteiger partial charge is 0.340 e. The molecule has 4 heteroatoms. The van der Waals surface area contributed by atoms with Gasteiger partial charge in [0.2, 0.25) is 0 Å². The molecule has 0 spiro atoms. The third kappa shape index (κ3) is 3.60. The van der Waals surface area contributed by atoms with E-state index in [0.29, 0.717) is 23.2 Å². The second-order valence-electron chi connectivity index (χ2n) is 7.09. The first-order chi connectivity index (χ1) is 14.6. The Hall–Kier alpha value is -4.15. The molecule has 0 aliphatic carbocycles. The second kappa shape index (κ2) is 8.07. The van der Waals surface area contributed by atoms with Gasteiger partial charge in [0, 0.05) is 28.7 Å². The fourth-order valence-corrected chi connectivity index (χ4v) is 3.70. The van der Waals surface area contributed by atoms with E-state index in [1.165, 1.54) is 12.1 Å². The van der Waals surface area contributed by atoms with Crippen molar-refractivity contribution in [2.45, 2.75) is 13.5 Å². The highest BCUT2D eigenvalue weighted by Crippen LogP contribution is 2.30. The van der Waals surface area contributed by atoms with Crippen molar-refractivity contribution in [3.8, 4) is 12.1 Å². The molecule has 4 rings (SSSR count). The van der Waals surface area contributed by atoms with Crippen LogP contribution in [0, 0.1) is 35.4 Å². The zero-order valence-corrected chi connectivity index (χ0v) is 16.4. The van der Waals surface area contributed by atoms with Crippen LogP contribution in [0.15, 0.2) is 72.8 Å². The first kappa shape index (κ1) is 19.2. The molecule has 0 N–H and O–H groups in total. The van der Waals surface area contributed by atoms with E-state index >= 15 is 0 Å². The van der Waals surface area contributed by atoms with Gasteiger partial charge < -0.3 is 4.57 Å². The van der Waals surface area contributed by atoms with Crippen molar-refractivity contribution in [2.24, 2.45) is 0 Å². The molecule has 1 aromatic heterocycles. The van der Waals surface area contributed by atoms with Gasteiger partial charge in [-0.15, -0.1) is 0 Å². The van der Waals surface area contributed by atoms with Crippen LogP contribution in [0.1, 0.15) is 27.9 Å². The molecule has 144 valence electrons. The number of allylic oxidation sites excluding steroid dienone is 1. The average Bonchev–Trinajstić information content (AvgIpc) is 3.04. The summed E-state index contributed by atoms with van der Waals surface area (Å²) in [5.74, 6) is -0.255. The van der Waals surface area contributed by atoms with Crippen molar-refractivity contribution in [1.29, 1.82) is 10.5 Å². The molecule has 0 radical (unpaired) electrons. The first-order valence-corrected chi connectivity index (χ1v) is 9.55. The van der Waals surface area contributed by atoms with E-state index in [0.717, 1.165) is 27.7 Å². The predicted molar refractivity (Wildman–Crippen MR) is 117 cm³/mol. The van der Waals surface area contributed by atoms with Gasteiger partial charge in [0.1, 0.15) is 5.82 Å². The maximum atomic E-state index is 13.3. The van der Waals surface area contributed by atoms with Gasteiger partial charge in [0.25, 0.3) is 0 Å². The van der Waals surface area contributed by atoms with Gasteiger partial charge in [-0.3, -0.25) is 0 Å². The van der Waals surface area contributed by atoms with Crippen molar-refractivity contribution in [2.75, 3.05) is 0 Å². The molecule has 3 aromatic carbocycles. The molecular formula is C26H18FN3. The zero-order chi connectivity index (χ0) is 21.1. The van der Waals surface area contributed by atoms with Crippen molar-refractivity contribution < 1.29 is 4.39 Å². The van der Waals surface area contributed by atoms with Gasteiger partial charge in [0.05, 0.1) is 23.3 Å². The summed E-state index contributed by atoms with van der Waals surface area (Å²) in [4.78, 5) is 0. The molecule has 0 bridgehead atoms. The first-order valence-electron chi connectivity index (χ1n) is 9.55. The Labute approximate surface area is 174 Å². The summed E-state index contributed by atoms with van der Waals surface area (Å²) in [6.45, 7) is 2.63. The van der Waals surface area contributed by atoms with Crippen LogP contribution in [0.4, 0.5) is 4.39 Å². The Balaban J connectivity index is 1.86. The van der Waals surface area contributed by atoms with E-state index in [2.05, 4.69) is 16.7 Å². The number of rotatable bonds is 4. The number of halogens is 1. The minimum atomic E-state index is -0.255. The van der Waals surface area contributed by atoms with Gasteiger partial charge in [-0.25, -0.2) is 4.39 Å². The van der Waals surface area contributed by atoms with Crippen LogP contribution in [0.2, 0.25) is 0 Å². The van der Waals surface area contributed by atoms with Crippen molar-refractivity contribution >= 4 is 22.6 Å². The summed E-state index contributed by atoms with van der Waals surface area (Å²) in [6.07, 6.45) is 1.88. The molecule has 4 aromatic rings. The van der Waals surface area contributed by atoms with Crippen LogP contribution < -0.4 is 0 Å². The fraction of sp³-hybridized carbons (Fsp3) is 0.0769. The number of benzene rings is 3. The van der Waals surface area contributed by atoms with E-state index in [9.17, 15) is 14.9 Å². The Bertz CT molecular complexity index is 1350. The lowest BCUT2D eigenvalue weighted by molar-refractivity contribution is 0.626. The summed E-state index contributed by atoms with van der Waals surface area (Å²) in [6, 6.07) is 26.0. The highest BCUT2D eigenvalue weighted by molar-refractivity contribution is 5.99. The third-order valence-corrected chi connectivity index (χ3v) is 5.25. The normalized spacial score (nSPS) is 11.3. The number of nitrogens with zero attached hydrogens (tertiary/aromatic N) is 3. The average molecular weight is 391 g/mol. The number of para-hydroxylation sites is 1. The monoisotopic (exact) mass is 391 g/mol. The Morgan fingerprint density at radius 2 is 1.77 bits per heavy atom. The minimum absolute atomic E-state index is 0.255. The smallest absolute Gasteiger partial charge is 0.123 e. The van der Waals surface area contributed by atoms with Crippen molar-refractivity contribution in [1.82, 2.24) is 4.57 Å². The summed E-state index contributed by atoms with van der Waals surface area (Å²) in [5, 5.41) is 20.0. The van der Waals surface area contributed by atoms with Crippen LogP contribution in [0.5, 0.6) is 0 Å². The van der Waals surface area contributed by atoms with Gasteiger partial charge >= 0.3 is 0 Å².